The van der Waals surface area contributed by atoms with Gasteiger partial charge in [-0.05, 0) is 37.5 Å². The number of aliphatic carboxylic acids is 1. The number of carbonyl (C=O) groups is 2. The second-order valence-electron chi connectivity index (χ2n) is 4.62. The smallest absolute Gasteiger partial charge is 0.326 e. The third kappa shape index (κ3) is 3.07. The molecule has 1 atom stereocenters. The molecular formula is C13H15BrN2O3. The van der Waals surface area contributed by atoms with E-state index >= 15 is 0 Å². The van der Waals surface area contributed by atoms with Crippen molar-refractivity contribution < 1.29 is 14.7 Å². The average Bonchev–Trinajstić information content (AvgIpc) is 2.36. The van der Waals surface area contributed by atoms with Gasteiger partial charge in [0.25, 0.3) is 5.91 Å². The lowest BCUT2D eigenvalue weighted by atomic mass is 10.0. The van der Waals surface area contributed by atoms with Gasteiger partial charge in [0.2, 0.25) is 0 Å². The van der Waals surface area contributed by atoms with E-state index in [2.05, 4.69) is 15.9 Å². The molecule has 102 valence electrons. The van der Waals surface area contributed by atoms with Gasteiger partial charge in [0.05, 0.1) is 0 Å². The molecule has 1 aliphatic heterocycles. The lowest BCUT2D eigenvalue weighted by Crippen LogP contribution is -2.48. The zero-order valence-electron chi connectivity index (χ0n) is 10.3. The summed E-state index contributed by atoms with van der Waals surface area (Å²) in [5, 5.41) is 9.19. The molecule has 0 bridgehead atoms. The Balaban J connectivity index is 2.28. The Kier molecular flexibility index (Phi) is 4.09. The highest BCUT2D eigenvalue weighted by Gasteiger charge is 2.32. The van der Waals surface area contributed by atoms with Crippen LogP contribution in [0.3, 0.4) is 0 Å². The molecule has 1 saturated heterocycles. The Morgan fingerprint density at radius 3 is 2.68 bits per heavy atom. The van der Waals surface area contributed by atoms with Crippen LogP contribution in [0.1, 0.15) is 29.6 Å². The van der Waals surface area contributed by atoms with Crippen LogP contribution in [0, 0.1) is 0 Å². The SMILES string of the molecule is Nc1cc(Br)cc(C(=O)N2CCCCC2C(=O)O)c1. The van der Waals surface area contributed by atoms with E-state index in [4.69, 9.17) is 5.73 Å². The topological polar surface area (TPSA) is 83.6 Å². The number of anilines is 1. The first-order valence-corrected chi connectivity index (χ1v) is 6.88. The van der Waals surface area contributed by atoms with Crippen molar-refractivity contribution in [2.24, 2.45) is 0 Å². The van der Waals surface area contributed by atoms with Crippen molar-refractivity contribution in [2.75, 3.05) is 12.3 Å². The standard InChI is InChI=1S/C13H15BrN2O3/c14-9-5-8(6-10(15)7-9)12(17)16-4-2-1-3-11(16)13(18)19/h5-7,11H,1-4,15H2,(H,18,19). The Labute approximate surface area is 119 Å². The van der Waals surface area contributed by atoms with Gasteiger partial charge in [-0.15, -0.1) is 0 Å². The largest absolute Gasteiger partial charge is 0.480 e. The fourth-order valence-electron chi connectivity index (χ4n) is 2.33. The van der Waals surface area contributed by atoms with Crippen LogP contribution in [0.5, 0.6) is 0 Å². The van der Waals surface area contributed by atoms with Crippen molar-refractivity contribution in [1.29, 1.82) is 0 Å². The predicted octanol–water partition coefficient (Wildman–Crippen LogP) is 2.11. The molecule has 2 rings (SSSR count). The van der Waals surface area contributed by atoms with Gasteiger partial charge in [-0.2, -0.15) is 0 Å². The van der Waals surface area contributed by atoms with Crippen LogP contribution in [-0.4, -0.2) is 34.5 Å². The number of benzene rings is 1. The number of amides is 1. The Morgan fingerprint density at radius 1 is 1.32 bits per heavy atom. The van der Waals surface area contributed by atoms with Gasteiger partial charge in [0.15, 0.2) is 0 Å². The summed E-state index contributed by atoms with van der Waals surface area (Å²) in [7, 11) is 0. The molecule has 1 aliphatic rings. The van der Waals surface area contributed by atoms with E-state index < -0.39 is 12.0 Å². The van der Waals surface area contributed by atoms with Gasteiger partial charge in [-0.25, -0.2) is 4.79 Å². The summed E-state index contributed by atoms with van der Waals surface area (Å²) in [6, 6.07) is 4.19. The number of piperidine rings is 1. The van der Waals surface area contributed by atoms with Crippen molar-refractivity contribution >= 4 is 33.5 Å². The monoisotopic (exact) mass is 326 g/mol. The van der Waals surface area contributed by atoms with Crippen molar-refractivity contribution in [2.45, 2.75) is 25.3 Å². The number of halogens is 1. The minimum Gasteiger partial charge on any atom is -0.480 e. The maximum Gasteiger partial charge on any atom is 0.326 e. The van der Waals surface area contributed by atoms with Crippen molar-refractivity contribution in [1.82, 2.24) is 4.90 Å². The summed E-state index contributed by atoms with van der Waals surface area (Å²) in [6.07, 6.45) is 2.17. The van der Waals surface area contributed by atoms with Crippen LogP contribution in [0.4, 0.5) is 5.69 Å². The normalized spacial score (nSPS) is 19.2. The van der Waals surface area contributed by atoms with Gasteiger partial charge >= 0.3 is 5.97 Å². The Morgan fingerprint density at radius 2 is 2.05 bits per heavy atom. The quantitative estimate of drug-likeness (QED) is 0.815. The summed E-state index contributed by atoms with van der Waals surface area (Å²) in [5.41, 5.74) is 6.59. The van der Waals surface area contributed by atoms with Crippen LogP contribution in [-0.2, 0) is 4.79 Å². The first kappa shape index (κ1) is 13.9. The van der Waals surface area contributed by atoms with Crippen LogP contribution >= 0.6 is 15.9 Å². The second kappa shape index (κ2) is 5.61. The summed E-state index contributed by atoms with van der Waals surface area (Å²) >= 11 is 3.28. The molecule has 1 heterocycles. The number of hydrogen-bond donors (Lipinski definition) is 2. The van der Waals surface area contributed by atoms with Gasteiger partial charge in [0, 0.05) is 22.3 Å². The van der Waals surface area contributed by atoms with Crippen LogP contribution < -0.4 is 5.73 Å². The Bertz CT molecular complexity index is 498. The number of likely N-dealkylation sites (tertiary alicyclic amines) is 1. The molecule has 3 N–H and O–H groups in total. The summed E-state index contributed by atoms with van der Waals surface area (Å²) < 4.78 is 0.708. The first-order chi connectivity index (χ1) is 8.99. The molecule has 0 aromatic heterocycles. The van der Waals surface area contributed by atoms with Crippen molar-refractivity contribution in [3.8, 4) is 0 Å². The summed E-state index contributed by atoms with van der Waals surface area (Å²) in [5.74, 6) is -1.23. The fraction of sp³-hybridized carbons (Fsp3) is 0.385. The maximum absolute atomic E-state index is 12.4. The van der Waals surface area contributed by atoms with Crippen molar-refractivity contribution in [3.63, 3.8) is 0 Å². The van der Waals surface area contributed by atoms with Gasteiger partial charge in [-0.3, -0.25) is 4.79 Å². The molecule has 6 heteroatoms. The molecular weight excluding hydrogens is 312 g/mol. The molecule has 19 heavy (non-hydrogen) atoms. The summed E-state index contributed by atoms with van der Waals surface area (Å²) in [6.45, 7) is 0.474. The number of rotatable bonds is 2. The number of nitrogens with zero attached hydrogens (tertiary/aromatic N) is 1. The lowest BCUT2D eigenvalue weighted by Gasteiger charge is -2.33. The molecule has 1 fully saturated rings. The van der Waals surface area contributed by atoms with Gasteiger partial charge in [0.1, 0.15) is 6.04 Å². The Hall–Kier alpha value is -1.56. The predicted molar refractivity (Wildman–Crippen MR) is 74.9 cm³/mol. The highest BCUT2D eigenvalue weighted by molar-refractivity contribution is 9.10. The zero-order chi connectivity index (χ0) is 14.0. The molecule has 0 radical (unpaired) electrons. The van der Waals surface area contributed by atoms with E-state index in [9.17, 15) is 14.7 Å². The highest BCUT2D eigenvalue weighted by Crippen LogP contribution is 2.23. The minimum atomic E-state index is -0.948. The van der Waals surface area contributed by atoms with E-state index in [1.807, 2.05) is 0 Å². The number of carboxylic acids is 1. The molecule has 0 saturated carbocycles. The lowest BCUT2D eigenvalue weighted by molar-refractivity contribution is -0.143. The van der Waals surface area contributed by atoms with Crippen molar-refractivity contribution in [3.05, 3.63) is 28.2 Å². The van der Waals surface area contributed by atoms with Gasteiger partial charge < -0.3 is 15.7 Å². The van der Waals surface area contributed by atoms with Crippen LogP contribution in [0.25, 0.3) is 0 Å². The van der Waals surface area contributed by atoms with Crippen LogP contribution in [0.2, 0.25) is 0 Å². The molecule has 1 unspecified atom stereocenters. The molecule has 1 amide bonds. The molecule has 0 aliphatic carbocycles. The van der Waals surface area contributed by atoms with E-state index in [1.54, 1.807) is 18.2 Å². The molecule has 1 aromatic rings. The minimum absolute atomic E-state index is 0.278. The third-order valence-electron chi connectivity index (χ3n) is 3.22. The first-order valence-electron chi connectivity index (χ1n) is 6.09. The highest BCUT2D eigenvalue weighted by atomic mass is 79.9. The van der Waals surface area contributed by atoms with Gasteiger partial charge in [-0.1, -0.05) is 15.9 Å². The molecule has 5 nitrogen and oxygen atoms in total. The summed E-state index contributed by atoms with van der Waals surface area (Å²) in [4.78, 5) is 25.0. The van der Waals surface area contributed by atoms with E-state index in [1.165, 1.54) is 4.90 Å². The third-order valence-corrected chi connectivity index (χ3v) is 3.67. The average molecular weight is 327 g/mol. The fourth-order valence-corrected chi connectivity index (χ4v) is 2.84. The van der Waals surface area contributed by atoms with E-state index in [-0.39, 0.29) is 5.91 Å². The number of nitrogens with two attached hydrogens (primary N) is 1. The number of carbonyl (C=O) groups excluding carboxylic acids is 1. The number of carboxylic acid groups (broad SMARTS) is 1. The zero-order valence-corrected chi connectivity index (χ0v) is 11.9. The molecule has 1 aromatic carbocycles. The maximum atomic E-state index is 12.4. The molecule has 0 spiro atoms. The number of nitrogen functional groups attached to an aromatic ring is 1. The second-order valence-corrected chi connectivity index (χ2v) is 5.54. The van der Waals surface area contributed by atoms with E-state index in [0.29, 0.717) is 28.7 Å². The van der Waals surface area contributed by atoms with E-state index in [0.717, 1.165) is 12.8 Å². The number of hydrogen-bond acceptors (Lipinski definition) is 3. The van der Waals surface area contributed by atoms with Crippen LogP contribution in [0.15, 0.2) is 22.7 Å².